The number of carbonyl (C=O) groups is 3. The highest BCUT2D eigenvalue weighted by Crippen LogP contribution is 2.31. The van der Waals surface area contributed by atoms with Gasteiger partial charge < -0.3 is 19.5 Å². The summed E-state index contributed by atoms with van der Waals surface area (Å²) in [6, 6.07) is 20.5. The molecule has 0 aliphatic carbocycles. The van der Waals surface area contributed by atoms with Crippen LogP contribution in [0.15, 0.2) is 66.7 Å². The number of esters is 1. The topological polar surface area (TPSA) is 99.1 Å². The zero-order valence-corrected chi connectivity index (χ0v) is 30.5. The Morgan fingerprint density at radius 1 is 0.920 bits per heavy atom. The lowest BCUT2D eigenvalue weighted by Crippen LogP contribution is -2.29. The van der Waals surface area contributed by atoms with Crippen LogP contribution in [0.25, 0.3) is 10.9 Å². The molecule has 3 aromatic carbocycles. The van der Waals surface area contributed by atoms with E-state index in [1.165, 1.54) is 49.7 Å². The molecule has 1 aromatic heterocycles. The van der Waals surface area contributed by atoms with Gasteiger partial charge in [0, 0.05) is 34.8 Å². The summed E-state index contributed by atoms with van der Waals surface area (Å²) in [6.45, 7) is 6.46. The average molecular weight is 720 g/mol. The van der Waals surface area contributed by atoms with Gasteiger partial charge in [0.25, 0.3) is 5.91 Å². The van der Waals surface area contributed by atoms with Gasteiger partial charge in [-0.1, -0.05) is 30.2 Å². The molecule has 1 saturated heterocycles. The van der Waals surface area contributed by atoms with Crippen molar-refractivity contribution in [2.45, 2.75) is 52.0 Å². The van der Waals surface area contributed by atoms with E-state index in [9.17, 15) is 14.4 Å². The van der Waals surface area contributed by atoms with Gasteiger partial charge in [0.1, 0.15) is 11.5 Å². The molecule has 1 aliphatic rings. The van der Waals surface area contributed by atoms with Gasteiger partial charge in [-0.05, 0) is 117 Å². The molecule has 4 aromatic rings. The quantitative estimate of drug-likeness (QED) is 0.0914. The molecule has 0 spiro atoms. The summed E-state index contributed by atoms with van der Waals surface area (Å²) < 4.78 is 18.5. The predicted octanol–water partition coefficient (Wildman–Crippen LogP) is 7.08. The number of methoxy groups -OCH3 is 1. The zero-order chi connectivity index (χ0) is 35.3. The number of halogens is 1. The van der Waals surface area contributed by atoms with Gasteiger partial charge >= 0.3 is 5.97 Å². The number of piperidine rings is 1. The smallest absolute Gasteiger partial charge is 0.310 e. The Morgan fingerprint density at radius 2 is 1.72 bits per heavy atom. The van der Waals surface area contributed by atoms with Crippen LogP contribution in [0, 0.1) is 6.92 Å². The van der Waals surface area contributed by atoms with Crippen molar-refractivity contribution in [2.75, 3.05) is 51.5 Å². The first-order valence-electron chi connectivity index (χ1n) is 17.2. The Hall–Kier alpha value is -3.99. The number of amides is 1. The summed E-state index contributed by atoms with van der Waals surface area (Å²) in [7, 11) is 1.58. The SMILES string of the molecule is COc1ccc2c(c1)c(CC(=O)OCCCSCC(=O)NCCCOc1cccc(CN3CCCCC3)c1)c(C)n2C(=O)c1ccc(Cl)cc1. The van der Waals surface area contributed by atoms with Crippen LogP contribution < -0.4 is 14.8 Å². The van der Waals surface area contributed by atoms with Crippen LogP contribution >= 0.6 is 23.4 Å². The van der Waals surface area contributed by atoms with E-state index in [0.29, 0.717) is 64.2 Å². The van der Waals surface area contributed by atoms with Crippen molar-refractivity contribution in [3.63, 3.8) is 0 Å². The molecular weight excluding hydrogens is 674 g/mol. The minimum atomic E-state index is -0.382. The number of benzene rings is 3. The van der Waals surface area contributed by atoms with Gasteiger partial charge in [0.15, 0.2) is 0 Å². The first kappa shape index (κ1) is 37.3. The molecule has 2 heterocycles. The number of thioether (sulfide) groups is 1. The number of nitrogens with one attached hydrogen (secondary N) is 1. The molecule has 0 bridgehead atoms. The highest BCUT2D eigenvalue weighted by atomic mass is 35.5. The van der Waals surface area contributed by atoms with Crippen LogP contribution in [0.5, 0.6) is 11.5 Å². The van der Waals surface area contributed by atoms with Crippen LogP contribution in [0.2, 0.25) is 5.02 Å². The van der Waals surface area contributed by atoms with Gasteiger partial charge in [0.05, 0.1) is 38.0 Å². The van der Waals surface area contributed by atoms with Gasteiger partial charge in [-0.3, -0.25) is 23.9 Å². The molecule has 5 rings (SSSR count). The van der Waals surface area contributed by atoms with E-state index in [1.807, 2.05) is 31.2 Å². The van der Waals surface area contributed by atoms with E-state index in [-0.39, 0.29) is 30.8 Å². The molecule has 1 N–H and O–H groups in total. The van der Waals surface area contributed by atoms with Gasteiger partial charge in [-0.15, -0.1) is 0 Å². The number of rotatable bonds is 17. The van der Waals surface area contributed by atoms with Gasteiger partial charge in [-0.2, -0.15) is 11.8 Å². The Bertz CT molecular complexity index is 1750. The third-order valence-corrected chi connectivity index (χ3v) is 10.0. The lowest BCUT2D eigenvalue weighted by molar-refractivity contribution is -0.142. The number of nitrogens with zero attached hydrogens (tertiary/aromatic N) is 2. The first-order valence-corrected chi connectivity index (χ1v) is 18.8. The van der Waals surface area contributed by atoms with E-state index in [0.717, 1.165) is 24.1 Å². The summed E-state index contributed by atoms with van der Waals surface area (Å²) in [5.41, 5.74) is 3.81. The zero-order valence-electron chi connectivity index (χ0n) is 28.9. The minimum absolute atomic E-state index is 0.0136. The maximum atomic E-state index is 13.5. The fraction of sp³-hybridized carbons (Fsp3) is 0.410. The number of fused-ring (bicyclic) bond motifs is 1. The molecular formula is C39H46ClN3O6S. The average Bonchev–Trinajstić information content (AvgIpc) is 3.39. The summed E-state index contributed by atoms with van der Waals surface area (Å²) in [5, 5.41) is 4.25. The van der Waals surface area contributed by atoms with Crippen LogP contribution in [-0.4, -0.2) is 78.7 Å². The maximum absolute atomic E-state index is 13.5. The molecule has 50 heavy (non-hydrogen) atoms. The number of ether oxygens (including phenoxy) is 3. The lowest BCUT2D eigenvalue weighted by Gasteiger charge is -2.26. The number of carbonyl (C=O) groups excluding carboxylic acids is 3. The molecule has 0 atom stereocenters. The molecule has 1 aliphatic heterocycles. The number of hydrogen-bond donors (Lipinski definition) is 1. The molecule has 11 heteroatoms. The Balaban J connectivity index is 0.990. The number of likely N-dealkylation sites (tertiary alicyclic amines) is 1. The van der Waals surface area contributed by atoms with E-state index in [1.54, 1.807) is 42.0 Å². The minimum Gasteiger partial charge on any atom is -0.497 e. The van der Waals surface area contributed by atoms with Gasteiger partial charge in [0.2, 0.25) is 5.91 Å². The van der Waals surface area contributed by atoms with Gasteiger partial charge in [-0.25, -0.2) is 0 Å². The fourth-order valence-corrected chi connectivity index (χ4v) is 7.03. The maximum Gasteiger partial charge on any atom is 0.310 e. The second kappa shape index (κ2) is 18.8. The monoisotopic (exact) mass is 719 g/mol. The molecule has 9 nitrogen and oxygen atoms in total. The summed E-state index contributed by atoms with van der Waals surface area (Å²) in [6.07, 6.45) is 5.25. The first-order chi connectivity index (χ1) is 24.3. The predicted molar refractivity (Wildman–Crippen MR) is 200 cm³/mol. The van der Waals surface area contributed by atoms with E-state index >= 15 is 0 Å². The van der Waals surface area contributed by atoms with Crippen LogP contribution in [0.4, 0.5) is 0 Å². The van der Waals surface area contributed by atoms with Crippen LogP contribution in [0.1, 0.15) is 59.3 Å². The molecule has 0 unspecified atom stereocenters. The van der Waals surface area contributed by atoms with Crippen molar-refractivity contribution in [3.8, 4) is 11.5 Å². The third-order valence-electron chi connectivity index (χ3n) is 8.75. The largest absolute Gasteiger partial charge is 0.497 e. The van der Waals surface area contributed by atoms with E-state index < -0.39 is 0 Å². The molecule has 1 amide bonds. The van der Waals surface area contributed by atoms with Crippen molar-refractivity contribution in [1.82, 2.24) is 14.8 Å². The Morgan fingerprint density at radius 3 is 2.50 bits per heavy atom. The third kappa shape index (κ3) is 10.5. The van der Waals surface area contributed by atoms with Crippen molar-refractivity contribution in [3.05, 3.63) is 94.1 Å². The Kier molecular flexibility index (Phi) is 14.0. The normalized spacial score (nSPS) is 13.3. The summed E-state index contributed by atoms with van der Waals surface area (Å²) in [4.78, 5) is 41.2. The lowest BCUT2D eigenvalue weighted by atomic mass is 10.1. The van der Waals surface area contributed by atoms with Crippen molar-refractivity contribution in [1.29, 1.82) is 0 Å². The fourth-order valence-electron chi connectivity index (χ4n) is 6.15. The van der Waals surface area contributed by atoms with Crippen LogP contribution in [0.3, 0.4) is 0 Å². The highest BCUT2D eigenvalue weighted by molar-refractivity contribution is 7.99. The van der Waals surface area contributed by atoms with E-state index in [2.05, 4.69) is 22.3 Å². The summed E-state index contributed by atoms with van der Waals surface area (Å²) >= 11 is 7.53. The molecule has 1 fully saturated rings. The van der Waals surface area contributed by atoms with E-state index in [4.69, 9.17) is 25.8 Å². The highest BCUT2D eigenvalue weighted by Gasteiger charge is 2.22. The van der Waals surface area contributed by atoms with Crippen molar-refractivity contribution in [2.24, 2.45) is 0 Å². The second-order valence-electron chi connectivity index (χ2n) is 12.4. The summed E-state index contributed by atoms with van der Waals surface area (Å²) in [5.74, 6) is 1.90. The van der Waals surface area contributed by atoms with Crippen molar-refractivity contribution < 1.29 is 28.6 Å². The molecule has 0 radical (unpaired) electrons. The number of aromatic nitrogens is 1. The molecule has 0 saturated carbocycles. The van der Waals surface area contributed by atoms with Crippen LogP contribution in [-0.2, 0) is 27.3 Å². The standard InChI is InChI=1S/C39H46ClN3O6S/c1-28-34(35-24-32(47-2)15-16-36(35)43(28)39(46)30-11-13-31(40)14-12-30)25-38(45)49-21-8-22-50-27-37(44)41-17-7-20-48-33-10-6-9-29(23-33)26-42-18-4-3-5-19-42/h6,9-16,23-24H,3-5,7-8,17-22,25-27H2,1-2H3,(H,41,44). The Labute approximate surface area is 303 Å². The van der Waals surface area contributed by atoms with Crippen molar-refractivity contribution >= 4 is 52.0 Å². The number of hydrogen-bond acceptors (Lipinski definition) is 8. The molecule has 266 valence electrons. The second-order valence-corrected chi connectivity index (χ2v) is 14.0.